The van der Waals surface area contributed by atoms with Crippen LogP contribution in [-0.4, -0.2) is 25.9 Å². The van der Waals surface area contributed by atoms with Gasteiger partial charge in [-0.2, -0.15) is 0 Å². The van der Waals surface area contributed by atoms with Crippen molar-refractivity contribution in [3.8, 4) is 5.75 Å². The van der Waals surface area contributed by atoms with E-state index in [1.807, 2.05) is 13.2 Å². The fourth-order valence-corrected chi connectivity index (χ4v) is 3.10. The van der Waals surface area contributed by atoms with Crippen LogP contribution in [0.4, 0.5) is 0 Å². The molecule has 1 aromatic rings. The molecule has 0 bridgehead atoms. The number of hydrogen-bond acceptors (Lipinski definition) is 3. The lowest BCUT2D eigenvalue weighted by molar-refractivity contribution is 0.0563. The van der Waals surface area contributed by atoms with Crippen LogP contribution in [0.2, 0.25) is 0 Å². The van der Waals surface area contributed by atoms with Gasteiger partial charge in [0.05, 0.1) is 12.1 Å². The van der Waals surface area contributed by atoms with Crippen molar-refractivity contribution in [2.24, 2.45) is 0 Å². The molecule has 3 heteroatoms. The number of rotatable bonds is 3. The second-order valence-corrected chi connectivity index (χ2v) is 5.29. The molecule has 1 aliphatic carbocycles. The number of para-hydroxylation sites is 1. The predicted molar refractivity (Wildman–Crippen MR) is 70.9 cm³/mol. The molecule has 1 N–H and O–H groups in total. The Balaban J connectivity index is 1.64. The molecule has 3 rings (SSSR count). The Morgan fingerprint density at radius 3 is 3.06 bits per heavy atom. The Labute approximate surface area is 108 Å². The smallest absolute Gasteiger partial charge is 0.124 e. The molecule has 3 nitrogen and oxygen atoms in total. The van der Waals surface area contributed by atoms with E-state index in [9.17, 15) is 0 Å². The van der Waals surface area contributed by atoms with Gasteiger partial charge in [-0.05, 0) is 31.7 Å². The molecule has 3 unspecified atom stereocenters. The van der Waals surface area contributed by atoms with Gasteiger partial charge in [-0.15, -0.1) is 0 Å². The fraction of sp³-hybridized carbons (Fsp3) is 0.600. The molecule has 1 aromatic carbocycles. The van der Waals surface area contributed by atoms with Crippen molar-refractivity contribution < 1.29 is 9.47 Å². The zero-order valence-corrected chi connectivity index (χ0v) is 10.9. The van der Waals surface area contributed by atoms with Gasteiger partial charge in [-0.25, -0.2) is 0 Å². The van der Waals surface area contributed by atoms with Crippen LogP contribution in [0.5, 0.6) is 5.75 Å². The summed E-state index contributed by atoms with van der Waals surface area (Å²) >= 11 is 0. The summed E-state index contributed by atoms with van der Waals surface area (Å²) in [4.78, 5) is 0. The molecule has 0 amide bonds. The minimum Gasteiger partial charge on any atom is -0.491 e. The molecule has 1 fully saturated rings. The Morgan fingerprint density at radius 2 is 2.17 bits per heavy atom. The predicted octanol–water partition coefficient (Wildman–Crippen LogP) is 2.67. The molecular formula is C15H21NO2. The molecule has 1 heterocycles. The highest BCUT2D eigenvalue weighted by Gasteiger charge is 2.28. The number of fused-ring (bicyclic) bond motifs is 1. The first-order valence-corrected chi connectivity index (χ1v) is 6.87. The van der Waals surface area contributed by atoms with E-state index < -0.39 is 0 Å². The molecule has 0 saturated heterocycles. The SMILES string of the molecule is COC1CCCC(NC2COc3ccccc32)C1. The number of hydrogen-bond donors (Lipinski definition) is 1. The van der Waals surface area contributed by atoms with Gasteiger partial charge in [0.1, 0.15) is 12.4 Å². The Bertz CT molecular complexity index is 407. The third kappa shape index (κ3) is 2.38. The van der Waals surface area contributed by atoms with Crippen molar-refractivity contribution in [2.45, 2.75) is 43.9 Å². The monoisotopic (exact) mass is 247 g/mol. The van der Waals surface area contributed by atoms with Crippen molar-refractivity contribution in [1.82, 2.24) is 5.32 Å². The van der Waals surface area contributed by atoms with Crippen molar-refractivity contribution in [1.29, 1.82) is 0 Å². The first kappa shape index (κ1) is 12.0. The number of ether oxygens (including phenoxy) is 2. The van der Waals surface area contributed by atoms with E-state index in [0.717, 1.165) is 18.8 Å². The summed E-state index contributed by atoms with van der Waals surface area (Å²) in [5.74, 6) is 1.04. The summed E-state index contributed by atoms with van der Waals surface area (Å²) in [6.07, 6.45) is 5.25. The maximum Gasteiger partial charge on any atom is 0.124 e. The van der Waals surface area contributed by atoms with Crippen LogP contribution >= 0.6 is 0 Å². The summed E-state index contributed by atoms with van der Waals surface area (Å²) in [6, 6.07) is 9.24. The van der Waals surface area contributed by atoms with E-state index in [1.54, 1.807) is 0 Å². The maximum absolute atomic E-state index is 5.71. The zero-order chi connectivity index (χ0) is 12.4. The number of methoxy groups -OCH3 is 1. The first-order chi connectivity index (χ1) is 8.86. The molecule has 0 radical (unpaired) electrons. The second-order valence-electron chi connectivity index (χ2n) is 5.29. The fourth-order valence-electron chi connectivity index (χ4n) is 3.10. The van der Waals surface area contributed by atoms with E-state index >= 15 is 0 Å². The van der Waals surface area contributed by atoms with Gasteiger partial charge in [0, 0.05) is 18.7 Å². The summed E-state index contributed by atoms with van der Waals surface area (Å²) in [5, 5.41) is 3.73. The molecule has 3 atom stereocenters. The van der Waals surface area contributed by atoms with Crippen LogP contribution in [0, 0.1) is 0 Å². The molecular weight excluding hydrogens is 226 g/mol. The lowest BCUT2D eigenvalue weighted by Crippen LogP contribution is -2.39. The molecule has 1 aliphatic heterocycles. The van der Waals surface area contributed by atoms with Crippen LogP contribution in [0.3, 0.4) is 0 Å². The molecule has 1 saturated carbocycles. The van der Waals surface area contributed by atoms with Crippen LogP contribution in [0.15, 0.2) is 24.3 Å². The minimum absolute atomic E-state index is 0.349. The Morgan fingerprint density at radius 1 is 1.28 bits per heavy atom. The average molecular weight is 247 g/mol. The third-order valence-electron chi connectivity index (χ3n) is 4.10. The molecule has 0 spiro atoms. The van der Waals surface area contributed by atoms with Gasteiger partial charge < -0.3 is 14.8 Å². The first-order valence-electron chi connectivity index (χ1n) is 6.87. The van der Waals surface area contributed by atoms with E-state index in [2.05, 4.69) is 23.5 Å². The van der Waals surface area contributed by atoms with Crippen LogP contribution in [0.1, 0.15) is 37.3 Å². The van der Waals surface area contributed by atoms with E-state index in [-0.39, 0.29) is 0 Å². The Kier molecular flexibility index (Phi) is 3.52. The van der Waals surface area contributed by atoms with E-state index in [0.29, 0.717) is 18.2 Å². The highest BCUT2D eigenvalue weighted by Crippen LogP contribution is 2.33. The van der Waals surface area contributed by atoms with E-state index in [4.69, 9.17) is 9.47 Å². The zero-order valence-electron chi connectivity index (χ0n) is 10.9. The van der Waals surface area contributed by atoms with Gasteiger partial charge in [-0.3, -0.25) is 0 Å². The summed E-state index contributed by atoms with van der Waals surface area (Å²) in [6.45, 7) is 0.757. The molecule has 0 aromatic heterocycles. The van der Waals surface area contributed by atoms with Gasteiger partial charge in [-0.1, -0.05) is 18.2 Å². The third-order valence-corrected chi connectivity index (χ3v) is 4.10. The standard InChI is InChI=1S/C15H21NO2/c1-17-12-6-4-5-11(9-12)16-14-10-18-15-8-3-2-7-13(14)15/h2-3,7-8,11-12,14,16H,4-6,9-10H2,1H3. The van der Waals surface area contributed by atoms with Gasteiger partial charge in [0.25, 0.3) is 0 Å². The summed E-state index contributed by atoms with van der Waals surface area (Å²) in [5.41, 5.74) is 1.30. The average Bonchev–Trinajstić information content (AvgIpc) is 2.83. The normalized spacial score (nSPS) is 30.8. The second kappa shape index (κ2) is 5.29. The highest BCUT2D eigenvalue weighted by atomic mass is 16.5. The van der Waals surface area contributed by atoms with Crippen molar-refractivity contribution in [2.75, 3.05) is 13.7 Å². The van der Waals surface area contributed by atoms with E-state index in [1.165, 1.54) is 24.8 Å². The molecule has 98 valence electrons. The topological polar surface area (TPSA) is 30.5 Å². The molecule has 18 heavy (non-hydrogen) atoms. The largest absolute Gasteiger partial charge is 0.491 e. The van der Waals surface area contributed by atoms with Crippen LogP contribution < -0.4 is 10.1 Å². The van der Waals surface area contributed by atoms with Gasteiger partial charge in [0.2, 0.25) is 0 Å². The molecule has 2 aliphatic rings. The van der Waals surface area contributed by atoms with Crippen molar-refractivity contribution in [3.05, 3.63) is 29.8 Å². The van der Waals surface area contributed by atoms with Crippen LogP contribution in [-0.2, 0) is 4.74 Å². The summed E-state index contributed by atoms with van der Waals surface area (Å²) < 4.78 is 11.2. The lowest BCUT2D eigenvalue weighted by atomic mass is 9.92. The highest BCUT2D eigenvalue weighted by molar-refractivity contribution is 5.39. The van der Waals surface area contributed by atoms with Gasteiger partial charge in [0.15, 0.2) is 0 Å². The lowest BCUT2D eigenvalue weighted by Gasteiger charge is -2.30. The van der Waals surface area contributed by atoms with Gasteiger partial charge >= 0.3 is 0 Å². The number of benzene rings is 1. The number of nitrogens with one attached hydrogen (secondary N) is 1. The van der Waals surface area contributed by atoms with Crippen molar-refractivity contribution in [3.63, 3.8) is 0 Å². The Hall–Kier alpha value is -1.06. The van der Waals surface area contributed by atoms with Crippen LogP contribution in [0.25, 0.3) is 0 Å². The minimum atomic E-state index is 0.349. The summed E-state index contributed by atoms with van der Waals surface area (Å²) in [7, 11) is 1.82. The van der Waals surface area contributed by atoms with Crippen molar-refractivity contribution >= 4 is 0 Å². The quantitative estimate of drug-likeness (QED) is 0.890. The maximum atomic E-state index is 5.71.